The van der Waals surface area contributed by atoms with Crippen molar-refractivity contribution in [3.63, 3.8) is 0 Å². The standard InChI is InChI=1S/C19H21NO6/c1-11(2)20-9-17(24)12-4-6-19(16(23)8-12)26-10-18(25)13-3-5-14(21)15(22)7-13/h3-8,11,20-23H,9-10H2,1-2H3. The molecule has 7 nitrogen and oxygen atoms in total. The Balaban J connectivity index is 2.00. The van der Waals surface area contributed by atoms with Crippen LogP contribution in [0.5, 0.6) is 23.0 Å². The van der Waals surface area contributed by atoms with Gasteiger partial charge in [0, 0.05) is 17.2 Å². The van der Waals surface area contributed by atoms with Gasteiger partial charge in [-0.3, -0.25) is 9.59 Å². The number of Topliss-reactive ketones (excluding diaryl/α,β-unsaturated/α-hetero) is 2. The normalized spacial score (nSPS) is 10.7. The van der Waals surface area contributed by atoms with E-state index >= 15 is 0 Å². The van der Waals surface area contributed by atoms with Gasteiger partial charge in [-0.2, -0.15) is 0 Å². The predicted octanol–water partition coefficient (Wildman–Crippen LogP) is 2.25. The van der Waals surface area contributed by atoms with E-state index in [1.165, 1.54) is 30.3 Å². The van der Waals surface area contributed by atoms with E-state index in [9.17, 15) is 24.9 Å². The maximum Gasteiger partial charge on any atom is 0.200 e. The molecule has 2 aromatic rings. The second kappa shape index (κ2) is 8.35. The maximum atomic E-state index is 12.1. The van der Waals surface area contributed by atoms with E-state index in [2.05, 4.69) is 5.32 Å². The molecule has 0 amide bonds. The van der Waals surface area contributed by atoms with E-state index in [1.54, 1.807) is 0 Å². The van der Waals surface area contributed by atoms with Crippen molar-refractivity contribution in [2.45, 2.75) is 19.9 Å². The summed E-state index contributed by atoms with van der Waals surface area (Å²) < 4.78 is 5.29. The lowest BCUT2D eigenvalue weighted by Gasteiger charge is -2.10. The SMILES string of the molecule is CC(C)NCC(=O)c1ccc(OCC(=O)c2ccc(O)c(O)c2)c(O)c1. The first-order chi connectivity index (χ1) is 12.3. The van der Waals surface area contributed by atoms with Crippen LogP contribution >= 0.6 is 0 Å². The highest BCUT2D eigenvalue weighted by molar-refractivity contribution is 5.99. The van der Waals surface area contributed by atoms with Gasteiger partial charge in [-0.25, -0.2) is 0 Å². The summed E-state index contributed by atoms with van der Waals surface area (Å²) in [4.78, 5) is 24.1. The average molecular weight is 359 g/mol. The molecule has 26 heavy (non-hydrogen) atoms. The minimum atomic E-state index is -0.444. The molecule has 0 aliphatic carbocycles. The van der Waals surface area contributed by atoms with Crippen LogP contribution < -0.4 is 10.1 Å². The highest BCUT2D eigenvalue weighted by atomic mass is 16.5. The molecule has 0 radical (unpaired) electrons. The molecular formula is C19H21NO6. The van der Waals surface area contributed by atoms with Gasteiger partial charge in [0.1, 0.15) is 0 Å². The van der Waals surface area contributed by atoms with Crippen LogP contribution in [0.2, 0.25) is 0 Å². The van der Waals surface area contributed by atoms with Crippen LogP contribution in [0.25, 0.3) is 0 Å². The van der Waals surface area contributed by atoms with E-state index in [4.69, 9.17) is 4.74 Å². The number of nitrogens with one attached hydrogen (secondary N) is 1. The molecule has 7 heteroatoms. The number of carbonyl (C=O) groups is 2. The molecule has 0 heterocycles. The number of phenols is 3. The van der Waals surface area contributed by atoms with E-state index in [0.717, 1.165) is 6.07 Å². The Kier molecular flexibility index (Phi) is 6.19. The van der Waals surface area contributed by atoms with Crippen LogP contribution in [0.1, 0.15) is 34.6 Å². The number of rotatable bonds is 8. The second-order valence-corrected chi connectivity index (χ2v) is 6.06. The molecule has 0 unspecified atom stereocenters. The summed E-state index contributed by atoms with van der Waals surface area (Å²) in [6.07, 6.45) is 0. The first kappa shape index (κ1) is 19.3. The molecule has 4 N–H and O–H groups in total. The van der Waals surface area contributed by atoms with Gasteiger partial charge in [0.05, 0.1) is 6.54 Å². The topological polar surface area (TPSA) is 116 Å². The smallest absolute Gasteiger partial charge is 0.200 e. The fourth-order valence-electron chi connectivity index (χ4n) is 2.14. The third kappa shape index (κ3) is 4.97. The Morgan fingerprint density at radius 1 is 0.923 bits per heavy atom. The van der Waals surface area contributed by atoms with Gasteiger partial charge in [0.15, 0.2) is 41.2 Å². The van der Waals surface area contributed by atoms with Crippen LogP contribution in [-0.2, 0) is 0 Å². The van der Waals surface area contributed by atoms with Gasteiger partial charge in [0.25, 0.3) is 0 Å². The van der Waals surface area contributed by atoms with Gasteiger partial charge in [-0.15, -0.1) is 0 Å². The van der Waals surface area contributed by atoms with Crippen molar-refractivity contribution in [1.29, 1.82) is 0 Å². The monoisotopic (exact) mass is 359 g/mol. The maximum absolute atomic E-state index is 12.1. The number of hydrogen-bond donors (Lipinski definition) is 4. The molecule has 0 atom stereocenters. The van der Waals surface area contributed by atoms with Crippen molar-refractivity contribution in [3.8, 4) is 23.0 Å². The Bertz CT molecular complexity index is 816. The molecule has 0 fully saturated rings. The molecule has 2 rings (SSSR count). The number of phenolic OH excluding ortho intramolecular Hbond substituents is 3. The van der Waals surface area contributed by atoms with Gasteiger partial charge in [-0.1, -0.05) is 13.8 Å². The molecule has 0 aliphatic heterocycles. The Hall–Kier alpha value is -3.06. The molecule has 0 aromatic heterocycles. The van der Waals surface area contributed by atoms with Crippen LogP contribution in [0.3, 0.4) is 0 Å². The van der Waals surface area contributed by atoms with Crippen LogP contribution in [0.4, 0.5) is 0 Å². The lowest BCUT2D eigenvalue weighted by atomic mass is 10.1. The molecule has 2 aromatic carbocycles. The Morgan fingerprint density at radius 2 is 1.54 bits per heavy atom. The highest BCUT2D eigenvalue weighted by Gasteiger charge is 2.13. The summed E-state index contributed by atoms with van der Waals surface area (Å²) in [5.74, 6) is -1.53. The fourth-order valence-corrected chi connectivity index (χ4v) is 2.14. The largest absolute Gasteiger partial charge is 0.504 e. The Labute approximate surface area is 150 Å². The number of benzene rings is 2. The molecule has 0 saturated heterocycles. The third-order valence-electron chi connectivity index (χ3n) is 3.61. The zero-order valence-electron chi connectivity index (χ0n) is 14.5. The zero-order valence-corrected chi connectivity index (χ0v) is 14.5. The van der Waals surface area contributed by atoms with Crippen molar-refractivity contribution in [1.82, 2.24) is 5.32 Å². The van der Waals surface area contributed by atoms with Crippen molar-refractivity contribution < 1.29 is 29.6 Å². The zero-order chi connectivity index (χ0) is 19.3. The number of hydrogen-bond acceptors (Lipinski definition) is 7. The molecule has 0 spiro atoms. The summed E-state index contributed by atoms with van der Waals surface area (Å²) in [6.45, 7) is 3.62. The molecule has 0 aliphatic rings. The minimum absolute atomic E-state index is 0.0646. The van der Waals surface area contributed by atoms with Crippen LogP contribution in [-0.4, -0.2) is 46.1 Å². The van der Waals surface area contributed by atoms with E-state index in [-0.39, 0.29) is 47.8 Å². The predicted molar refractivity (Wildman–Crippen MR) is 95.2 cm³/mol. The quantitative estimate of drug-likeness (QED) is 0.422. The average Bonchev–Trinajstić information content (AvgIpc) is 2.60. The third-order valence-corrected chi connectivity index (χ3v) is 3.61. The lowest BCUT2D eigenvalue weighted by molar-refractivity contribution is 0.0917. The molecular weight excluding hydrogens is 338 g/mol. The molecule has 138 valence electrons. The lowest BCUT2D eigenvalue weighted by Crippen LogP contribution is -2.29. The summed E-state index contributed by atoms with van der Waals surface area (Å²) in [5.41, 5.74) is 0.490. The summed E-state index contributed by atoms with van der Waals surface area (Å²) in [7, 11) is 0. The number of aromatic hydroxyl groups is 3. The first-order valence-corrected chi connectivity index (χ1v) is 8.05. The first-order valence-electron chi connectivity index (χ1n) is 8.05. The molecule has 0 bridgehead atoms. The summed E-state index contributed by atoms with van der Waals surface area (Å²) in [5, 5.41) is 31.7. The summed E-state index contributed by atoms with van der Waals surface area (Å²) in [6, 6.07) is 8.06. The van der Waals surface area contributed by atoms with Crippen LogP contribution in [0, 0.1) is 0 Å². The highest BCUT2D eigenvalue weighted by Crippen LogP contribution is 2.28. The van der Waals surface area contributed by atoms with Crippen molar-refractivity contribution in [2.75, 3.05) is 13.2 Å². The van der Waals surface area contributed by atoms with Crippen molar-refractivity contribution in [3.05, 3.63) is 47.5 Å². The van der Waals surface area contributed by atoms with Gasteiger partial charge >= 0.3 is 0 Å². The summed E-state index contributed by atoms with van der Waals surface area (Å²) >= 11 is 0. The van der Waals surface area contributed by atoms with Gasteiger partial charge in [0.2, 0.25) is 0 Å². The second-order valence-electron chi connectivity index (χ2n) is 6.06. The van der Waals surface area contributed by atoms with E-state index in [0.29, 0.717) is 5.56 Å². The minimum Gasteiger partial charge on any atom is -0.504 e. The van der Waals surface area contributed by atoms with Gasteiger partial charge in [-0.05, 0) is 36.4 Å². The van der Waals surface area contributed by atoms with E-state index < -0.39 is 11.5 Å². The number of ether oxygens (including phenoxy) is 1. The van der Waals surface area contributed by atoms with Crippen LogP contribution in [0.15, 0.2) is 36.4 Å². The van der Waals surface area contributed by atoms with Crippen molar-refractivity contribution in [2.24, 2.45) is 0 Å². The van der Waals surface area contributed by atoms with Crippen molar-refractivity contribution >= 4 is 11.6 Å². The number of carbonyl (C=O) groups excluding carboxylic acids is 2. The Morgan fingerprint density at radius 3 is 2.15 bits per heavy atom. The van der Waals surface area contributed by atoms with E-state index in [1.807, 2.05) is 13.8 Å². The van der Waals surface area contributed by atoms with Gasteiger partial charge < -0.3 is 25.4 Å². The number of ketones is 2. The fraction of sp³-hybridized carbons (Fsp3) is 0.263. The molecule has 0 saturated carbocycles.